The second kappa shape index (κ2) is 5.06. The highest BCUT2D eigenvalue weighted by Crippen LogP contribution is 2.29. The lowest BCUT2D eigenvalue weighted by molar-refractivity contribution is 0.422. The van der Waals surface area contributed by atoms with Gasteiger partial charge < -0.3 is 9.73 Å². The highest BCUT2D eigenvalue weighted by atomic mass is 79.9. The molecular weight excluding hydrogens is 282 g/mol. The highest BCUT2D eigenvalue weighted by Gasteiger charge is 2.22. The van der Waals surface area contributed by atoms with Gasteiger partial charge in [-0.15, -0.1) is 0 Å². The van der Waals surface area contributed by atoms with Gasteiger partial charge in [-0.3, -0.25) is 4.68 Å². The average molecular weight is 298 g/mol. The molecule has 17 heavy (non-hydrogen) atoms. The summed E-state index contributed by atoms with van der Waals surface area (Å²) < 4.78 is 8.55. The molecule has 1 unspecified atom stereocenters. The fourth-order valence-electron chi connectivity index (χ4n) is 1.89. The van der Waals surface area contributed by atoms with Crippen LogP contribution in [-0.4, -0.2) is 16.3 Å². The second-order valence-electron chi connectivity index (χ2n) is 3.94. The van der Waals surface area contributed by atoms with Crippen molar-refractivity contribution in [3.05, 3.63) is 40.0 Å². The highest BCUT2D eigenvalue weighted by molar-refractivity contribution is 9.10. The van der Waals surface area contributed by atoms with E-state index < -0.39 is 0 Å². The van der Waals surface area contributed by atoms with Crippen LogP contribution in [0.3, 0.4) is 0 Å². The summed E-state index contributed by atoms with van der Waals surface area (Å²) in [6.45, 7) is 4.89. The first-order valence-corrected chi connectivity index (χ1v) is 6.40. The van der Waals surface area contributed by atoms with Crippen LogP contribution in [0.4, 0.5) is 0 Å². The zero-order chi connectivity index (χ0) is 12.4. The summed E-state index contributed by atoms with van der Waals surface area (Å²) in [6.07, 6.45) is 1.80. The first-order chi connectivity index (χ1) is 8.13. The number of aryl methyl sites for hydroxylation is 2. The van der Waals surface area contributed by atoms with Crippen molar-refractivity contribution in [1.82, 2.24) is 15.1 Å². The lowest BCUT2D eigenvalue weighted by Crippen LogP contribution is -2.24. The predicted molar refractivity (Wildman–Crippen MR) is 69.9 cm³/mol. The van der Waals surface area contributed by atoms with E-state index in [9.17, 15) is 0 Å². The van der Waals surface area contributed by atoms with Crippen molar-refractivity contribution in [1.29, 1.82) is 0 Å². The molecule has 2 aromatic rings. The fourth-order valence-corrected chi connectivity index (χ4v) is 2.47. The maximum Gasteiger partial charge on any atom is 0.127 e. The molecule has 0 spiro atoms. The summed E-state index contributed by atoms with van der Waals surface area (Å²) in [5.74, 6) is 1.83. The standard InChI is InChI=1S/C12H16BrN3O/c1-4-14-11(10-6-5-8(2)17-10)12-9(13)7-15-16(12)3/h5-7,11,14H,4H2,1-3H3. The molecule has 0 aliphatic rings. The number of hydrogen-bond donors (Lipinski definition) is 1. The van der Waals surface area contributed by atoms with Gasteiger partial charge in [0.1, 0.15) is 17.6 Å². The van der Waals surface area contributed by atoms with E-state index in [0.29, 0.717) is 0 Å². The van der Waals surface area contributed by atoms with Crippen LogP contribution in [0, 0.1) is 6.92 Å². The zero-order valence-corrected chi connectivity index (χ0v) is 11.8. The van der Waals surface area contributed by atoms with Crippen LogP contribution >= 0.6 is 15.9 Å². The molecule has 0 saturated carbocycles. The summed E-state index contributed by atoms with van der Waals surface area (Å²) in [7, 11) is 1.93. The molecule has 0 aliphatic heterocycles. The van der Waals surface area contributed by atoms with E-state index in [0.717, 1.165) is 28.2 Å². The van der Waals surface area contributed by atoms with Gasteiger partial charge >= 0.3 is 0 Å². The Morgan fingerprint density at radius 3 is 2.76 bits per heavy atom. The molecule has 5 heteroatoms. The molecule has 2 aromatic heterocycles. The molecule has 0 radical (unpaired) electrons. The largest absolute Gasteiger partial charge is 0.464 e. The van der Waals surface area contributed by atoms with Gasteiger partial charge in [-0.2, -0.15) is 5.10 Å². The Morgan fingerprint density at radius 1 is 1.53 bits per heavy atom. The molecule has 4 nitrogen and oxygen atoms in total. The van der Waals surface area contributed by atoms with E-state index in [4.69, 9.17) is 4.42 Å². The first-order valence-electron chi connectivity index (χ1n) is 5.60. The SMILES string of the molecule is CCNC(c1ccc(C)o1)c1c(Br)cnn1C. The third kappa shape index (κ3) is 2.45. The van der Waals surface area contributed by atoms with E-state index >= 15 is 0 Å². The van der Waals surface area contributed by atoms with Gasteiger partial charge in [-0.05, 0) is 41.5 Å². The molecule has 2 heterocycles. The lowest BCUT2D eigenvalue weighted by atomic mass is 10.1. The Balaban J connectivity index is 2.42. The van der Waals surface area contributed by atoms with Gasteiger partial charge in [-0.1, -0.05) is 6.92 Å². The van der Waals surface area contributed by atoms with Crippen LogP contribution < -0.4 is 5.32 Å². The molecule has 1 N–H and O–H groups in total. The number of furan rings is 1. The normalized spacial score (nSPS) is 12.9. The van der Waals surface area contributed by atoms with E-state index in [1.54, 1.807) is 6.20 Å². The molecule has 2 rings (SSSR count). The summed E-state index contributed by atoms with van der Waals surface area (Å²) in [5, 5.41) is 7.65. The third-order valence-electron chi connectivity index (χ3n) is 2.66. The quantitative estimate of drug-likeness (QED) is 0.944. The Morgan fingerprint density at radius 2 is 2.29 bits per heavy atom. The number of nitrogens with zero attached hydrogens (tertiary/aromatic N) is 2. The predicted octanol–water partition coefficient (Wildman–Crippen LogP) is 2.78. The Labute approximate surface area is 109 Å². The van der Waals surface area contributed by atoms with Gasteiger partial charge in [-0.25, -0.2) is 0 Å². The first kappa shape index (κ1) is 12.4. The molecule has 0 bridgehead atoms. The maximum atomic E-state index is 5.71. The second-order valence-corrected chi connectivity index (χ2v) is 4.79. The molecule has 0 aliphatic carbocycles. The number of halogens is 1. The van der Waals surface area contributed by atoms with Gasteiger partial charge in [0.05, 0.1) is 16.4 Å². The van der Waals surface area contributed by atoms with Crippen molar-refractivity contribution in [3.63, 3.8) is 0 Å². The van der Waals surface area contributed by atoms with Crippen molar-refractivity contribution in [2.75, 3.05) is 6.54 Å². The smallest absolute Gasteiger partial charge is 0.127 e. The molecular formula is C12H16BrN3O. The third-order valence-corrected chi connectivity index (χ3v) is 3.28. The molecule has 0 fully saturated rings. The molecule has 0 saturated heterocycles. The van der Waals surface area contributed by atoms with Crippen molar-refractivity contribution in [3.8, 4) is 0 Å². The number of nitrogens with one attached hydrogen (secondary N) is 1. The molecule has 0 aromatic carbocycles. The van der Waals surface area contributed by atoms with Gasteiger partial charge in [0.15, 0.2) is 0 Å². The Bertz CT molecular complexity index is 484. The van der Waals surface area contributed by atoms with Crippen molar-refractivity contribution in [2.24, 2.45) is 7.05 Å². The summed E-state index contributed by atoms with van der Waals surface area (Å²) >= 11 is 3.53. The number of aromatic nitrogens is 2. The van der Waals surface area contributed by atoms with Crippen LogP contribution in [0.1, 0.15) is 30.2 Å². The minimum atomic E-state index is 0.0237. The summed E-state index contributed by atoms with van der Waals surface area (Å²) in [4.78, 5) is 0. The molecule has 92 valence electrons. The van der Waals surface area contributed by atoms with E-state index in [1.165, 1.54) is 0 Å². The lowest BCUT2D eigenvalue weighted by Gasteiger charge is -2.16. The van der Waals surface area contributed by atoms with Crippen LogP contribution in [0.5, 0.6) is 0 Å². The monoisotopic (exact) mass is 297 g/mol. The van der Waals surface area contributed by atoms with Crippen LogP contribution in [0.25, 0.3) is 0 Å². The maximum absolute atomic E-state index is 5.71. The van der Waals surface area contributed by atoms with E-state index in [2.05, 4.69) is 33.3 Å². The average Bonchev–Trinajstić information content (AvgIpc) is 2.84. The van der Waals surface area contributed by atoms with Gasteiger partial charge in [0, 0.05) is 7.05 Å². The van der Waals surface area contributed by atoms with Crippen LogP contribution in [-0.2, 0) is 7.05 Å². The van der Waals surface area contributed by atoms with Crippen molar-refractivity contribution >= 4 is 15.9 Å². The van der Waals surface area contributed by atoms with Crippen molar-refractivity contribution in [2.45, 2.75) is 19.9 Å². The Kier molecular flexibility index (Phi) is 3.69. The minimum absolute atomic E-state index is 0.0237. The summed E-state index contributed by atoms with van der Waals surface area (Å²) in [5.41, 5.74) is 1.07. The minimum Gasteiger partial charge on any atom is -0.464 e. The van der Waals surface area contributed by atoms with Gasteiger partial charge in [0.2, 0.25) is 0 Å². The molecule has 0 amide bonds. The zero-order valence-electron chi connectivity index (χ0n) is 10.2. The summed E-state index contributed by atoms with van der Waals surface area (Å²) in [6, 6.07) is 4.00. The van der Waals surface area contributed by atoms with Crippen molar-refractivity contribution < 1.29 is 4.42 Å². The van der Waals surface area contributed by atoms with E-state index in [1.807, 2.05) is 30.8 Å². The number of rotatable bonds is 4. The van der Waals surface area contributed by atoms with Gasteiger partial charge in [0.25, 0.3) is 0 Å². The fraction of sp³-hybridized carbons (Fsp3) is 0.417. The Hall–Kier alpha value is -1.07. The van der Waals surface area contributed by atoms with E-state index in [-0.39, 0.29) is 6.04 Å². The number of hydrogen-bond acceptors (Lipinski definition) is 3. The molecule has 1 atom stereocenters. The van der Waals surface area contributed by atoms with Crippen LogP contribution in [0.15, 0.2) is 27.2 Å². The topological polar surface area (TPSA) is 43.0 Å². The van der Waals surface area contributed by atoms with Crippen LogP contribution in [0.2, 0.25) is 0 Å².